The molecule has 0 unspecified atom stereocenters. The Bertz CT molecular complexity index is 763. The van der Waals surface area contributed by atoms with Gasteiger partial charge in [0.1, 0.15) is 17.8 Å². The van der Waals surface area contributed by atoms with Gasteiger partial charge in [-0.15, -0.1) is 0 Å². The van der Waals surface area contributed by atoms with Gasteiger partial charge in [0.05, 0.1) is 23.4 Å². The Hall–Kier alpha value is -0.770. The van der Waals surface area contributed by atoms with Crippen molar-refractivity contribution in [1.82, 2.24) is 0 Å². The van der Waals surface area contributed by atoms with Crippen molar-refractivity contribution in [2.45, 2.75) is 108 Å². The summed E-state index contributed by atoms with van der Waals surface area (Å²) in [5, 5.41) is 68.9. The molecule has 4 saturated carbocycles. The van der Waals surface area contributed by atoms with Gasteiger partial charge in [-0.05, 0) is 45.4 Å². The van der Waals surface area contributed by atoms with E-state index in [1.54, 1.807) is 34.6 Å². The van der Waals surface area contributed by atoms with Crippen molar-refractivity contribution >= 4 is 5.97 Å². The second kappa shape index (κ2) is 6.64. The van der Waals surface area contributed by atoms with E-state index in [1.165, 1.54) is 0 Å². The molecular weight excluding hydrogens is 404 g/mol. The fourth-order valence-corrected chi connectivity index (χ4v) is 8.15. The van der Waals surface area contributed by atoms with Gasteiger partial charge >= 0.3 is 5.97 Å². The van der Waals surface area contributed by atoms with E-state index in [2.05, 4.69) is 0 Å². The molecule has 11 atom stereocenters. The van der Waals surface area contributed by atoms with Crippen LogP contribution in [0.3, 0.4) is 0 Å². The Morgan fingerprint density at radius 1 is 0.968 bits per heavy atom. The number of carbonyl (C=O) groups excluding carboxylic acids is 1. The lowest BCUT2D eigenvalue weighted by Crippen LogP contribution is -2.63. The zero-order chi connectivity index (χ0) is 23.4. The lowest BCUT2D eigenvalue weighted by molar-refractivity contribution is -0.224. The van der Waals surface area contributed by atoms with Crippen LogP contribution in [-0.2, 0) is 9.53 Å². The van der Waals surface area contributed by atoms with Crippen LogP contribution in [0.5, 0.6) is 0 Å². The van der Waals surface area contributed by atoms with Crippen LogP contribution in [0.25, 0.3) is 0 Å². The minimum absolute atomic E-state index is 0.0250. The Morgan fingerprint density at radius 2 is 1.58 bits per heavy atom. The largest absolute Gasteiger partial charge is 0.461 e. The third-order valence-electron chi connectivity index (χ3n) is 9.89. The normalized spacial score (nSPS) is 57.7. The standard InChI is InChI=1S/C23H38O8/c1-6-15(25)31-18-11-7-8-12-21(5,29)13-9-14(24)19(2,3)23(13,30)17(27)16(26)22(12,18)10-20(11,4)28/h11-14,16-18,24,26-30H,6-10H2,1-5H3/t11-,12+,13+,14+,16-,17-,18-,20-,21-,22+,23+/m1/s1. The predicted octanol–water partition coefficient (Wildman–Crippen LogP) is 0.1000. The summed E-state index contributed by atoms with van der Waals surface area (Å²) in [7, 11) is 0. The van der Waals surface area contributed by atoms with Crippen LogP contribution < -0.4 is 0 Å². The molecule has 4 rings (SSSR count). The zero-order valence-electron chi connectivity index (χ0n) is 19.1. The Morgan fingerprint density at radius 3 is 2.16 bits per heavy atom. The summed E-state index contributed by atoms with van der Waals surface area (Å²) in [6, 6.07) is 0. The van der Waals surface area contributed by atoms with E-state index in [4.69, 9.17) is 4.74 Å². The molecule has 8 heteroatoms. The maximum atomic E-state index is 12.3. The molecule has 0 saturated heterocycles. The molecule has 0 aromatic rings. The first-order valence-corrected chi connectivity index (χ1v) is 11.5. The molecule has 8 nitrogen and oxygen atoms in total. The Balaban J connectivity index is 1.94. The van der Waals surface area contributed by atoms with E-state index in [9.17, 15) is 35.4 Å². The monoisotopic (exact) mass is 442 g/mol. The Kier molecular flexibility index (Phi) is 5.01. The third-order valence-corrected chi connectivity index (χ3v) is 9.89. The first kappa shape index (κ1) is 23.4. The SMILES string of the molecule is CCC(=O)O[C@@H]1[C@H]2CC[C@H]3[C@@](C)(O)[C@@H]4C[C@H](O)C(C)(C)[C@@]4(O)[C@H](O)[C@@H](O)[C@@]13C[C@@]2(C)O. The maximum Gasteiger partial charge on any atom is 0.305 e. The molecule has 6 N–H and O–H groups in total. The number of rotatable bonds is 2. The van der Waals surface area contributed by atoms with Crippen LogP contribution in [0.1, 0.15) is 66.7 Å². The van der Waals surface area contributed by atoms with Crippen molar-refractivity contribution in [1.29, 1.82) is 0 Å². The van der Waals surface area contributed by atoms with Gasteiger partial charge < -0.3 is 35.4 Å². The highest BCUT2D eigenvalue weighted by molar-refractivity contribution is 5.69. The van der Waals surface area contributed by atoms with Gasteiger partial charge in [0.2, 0.25) is 0 Å². The maximum absolute atomic E-state index is 12.3. The fraction of sp³-hybridized carbons (Fsp3) is 0.957. The summed E-state index contributed by atoms with van der Waals surface area (Å²) in [4.78, 5) is 12.3. The first-order chi connectivity index (χ1) is 14.1. The molecule has 1 spiro atoms. The van der Waals surface area contributed by atoms with E-state index >= 15 is 0 Å². The molecule has 0 aromatic heterocycles. The minimum Gasteiger partial charge on any atom is -0.461 e. The number of aliphatic hydroxyl groups is 6. The highest BCUT2D eigenvalue weighted by Gasteiger charge is 2.79. The van der Waals surface area contributed by atoms with Gasteiger partial charge in [-0.3, -0.25) is 4.79 Å². The van der Waals surface area contributed by atoms with Gasteiger partial charge in [0, 0.05) is 29.1 Å². The average Bonchev–Trinajstić information content (AvgIpc) is 2.93. The lowest BCUT2D eigenvalue weighted by Gasteiger charge is -2.53. The van der Waals surface area contributed by atoms with Crippen LogP contribution >= 0.6 is 0 Å². The summed E-state index contributed by atoms with van der Waals surface area (Å²) in [5.41, 5.74) is -7.39. The summed E-state index contributed by atoms with van der Waals surface area (Å²) >= 11 is 0. The summed E-state index contributed by atoms with van der Waals surface area (Å²) in [5.74, 6) is -2.51. The van der Waals surface area contributed by atoms with Crippen LogP contribution in [0, 0.1) is 28.6 Å². The molecule has 4 aliphatic carbocycles. The van der Waals surface area contributed by atoms with Gasteiger partial charge in [-0.1, -0.05) is 20.8 Å². The second-order valence-corrected chi connectivity index (χ2v) is 11.6. The number of aliphatic hydroxyl groups excluding tert-OH is 3. The number of fused-ring (bicyclic) bond motifs is 2. The van der Waals surface area contributed by atoms with Crippen molar-refractivity contribution in [2.24, 2.45) is 28.6 Å². The van der Waals surface area contributed by atoms with Crippen molar-refractivity contribution in [2.75, 3.05) is 0 Å². The molecule has 0 amide bonds. The van der Waals surface area contributed by atoms with E-state index in [-0.39, 0.29) is 19.3 Å². The number of esters is 1. The first-order valence-electron chi connectivity index (χ1n) is 11.5. The van der Waals surface area contributed by atoms with E-state index < -0.39 is 75.8 Å². The van der Waals surface area contributed by atoms with E-state index in [1.807, 2.05) is 0 Å². The fourth-order valence-electron chi connectivity index (χ4n) is 8.15. The van der Waals surface area contributed by atoms with Crippen LogP contribution in [-0.4, -0.2) is 77.8 Å². The van der Waals surface area contributed by atoms with Crippen molar-refractivity contribution in [3.63, 3.8) is 0 Å². The summed E-state index contributed by atoms with van der Waals surface area (Å²) in [6.07, 6.45) is -4.07. The topological polar surface area (TPSA) is 148 Å². The predicted molar refractivity (Wildman–Crippen MR) is 110 cm³/mol. The highest BCUT2D eigenvalue weighted by Crippen LogP contribution is 2.70. The zero-order valence-corrected chi connectivity index (χ0v) is 19.1. The smallest absolute Gasteiger partial charge is 0.305 e. The third kappa shape index (κ3) is 2.60. The molecule has 31 heavy (non-hydrogen) atoms. The average molecular weight is 443 g/mol. The molecule has 0 aliphatic heterocycles. The van der Waals surface area contributed by atoms with Gasteiger partial charge in [0.15, 0.2) is 0 Å². The van der Waals surface area contributed by atoms with Gasteiger partial charge in [-0.2, -0.15) is 0 Å². The molecule has 2 bridgehead atoms. The Labute approximate surface area is 183 Å². The van der Waals surface area contributed by atoms with Crippen molar-refractivity contribution in [3.8, 4) is 0 Å². The number of carbonyl (C=O) groups is 1. The minimum atomic E-state index is -1.98. The molecule has 0 aromatic carbocycles. The lowest BCUT2D eigenvalue weighted by atomic mass is 9.56. The molecular formula is C23H38O8. The molecule has 0 radical (unpaired) electrons. The quantitative estimate of drug-likeness (QED) is 0.330. The molecule has 4 aliphatic rings. The molecule has 0 heterocycles. The van der Waals surface area contributed by atoms with Crippen LogP contribution in [0.2, 0.25) is 0 Å². The highest BCUT2D eigenvalue weighted by atomic mass is 16.5. The van der Waals surface area contributed by atoms with Crippen LogP contribution in [0.4, 0.5) is 0 Å². The second-order valence-electron chi connectivity index (χ2n) is 11.6. The summed E-state index contributed by atoms with van der Waals surface area (Å²) in [6.45, 7) is 8.13. The van der Waals surface area contributed by atoms with Crippen LogP contribution in [0.15, 0.2) is 0 Å². The van der Waals surface area contributed by atoms with E-state index in [0.717, 1.165) is 0 Å². The number of ether oxygens (including phenoxy) is 1. The molecule has 178 valence electrons. The van der Waals surface area contributed by atoms with Gasteiger partial charge in [-0.25, -0.2) is 0 Å². The van der Waals surface area contributed by atoms with E-state index in [0.29, 0.717) is 12.8 Å². The van der Waals surface area contributed by atoms with Crippen molar-refractivity contribution < 1.29 is 40.2 Å². The van der Waals surface area contributed by atoms with Crippen molar-refractivity contribution in [3.05, 3.63) is 0 Å². The number of hydrogen-bond donors (Lipinski definition) is 6. The van der Waals surface area contributed by atoms with Gasteiger partial charge in [0.25, 0.3) is 0 Å². The summed E-state index contributed by atoms with van der Waals surface area (Å²) < 4.78 is 5.81. The number of hydrogen-bond acceptors (Lipinski definition) is 8. The molecule has 4 fully saturated rings.